The highest BCUT2D eigenvalue weighted by molar-refractivity contribution is 6.31. The summed E-state index contributed by atoms with van der Waals surface area (Å²) in [6.07, 6.45) is 3.87. The van der Waals surface area contributed by atoms with Crippen LogP contribution in [0.4, 0.5) is 0 Å². The minimum absolute atomic E-state index is 0.149. The number of hydrogen-bond acceptors (Lipinski definition) is 4. The van der Waals surface area contributed by atoms with Gasteiger partial charge in [0.05, 0.1) is 18.1 Å². The number of para-hydroxylation sites is 1. The van der Waals surface area contributed by atoms with E-state index in [2.05, 4.69) is 10.4 Å². The molecule has 0 unspecified atom stereocenters. The number of halogens is 1. The minimum atomic E-state index is -0.244. The van der Waals surface area contributed by atoms with Gasteiger partial charge in [-0.05, 0) is 24.3 Å². The first-order valence-corrected chi connectivity index (χ1v) is 7.82. The quantitative estimate of drug-likeness (QED) is 0.715. The highest BCUT2D eigenvalue weighted by Crippen LogP contribution is 2.23. The number of carbonyl (C=O) groups excluding carboxylic acids is 1. The molecule has 1 amide bonds. The Morgan fingerprint density at radius 2 is 2.08 bits per heavy atom. The number of furan rings is 1. The Morgan fingerprint density at radius 3 is 2.83 bits per heavy atom. The standard InChI is InChI=1S/C17H16ClN3O3/c18-15-11-21(13-5-2-1-3-6-13)20-17(15)24-12-16(22)19-9-8-14-7-4-10-23-14/h1-7,10-11H,8-9,12H2,(H,19,22). The van der Waals surface area contributed by atoms with E-state index in [1.807, 2.05) is 42.5 Å². The lowest BCUT2D eigenvalue weighted by Crippen LogP contribution is -2.30. The summed E-state index contributed by atoms with van der Waals surface area (Å²) < 4.78 is 12.2. The van der Waals surface area contributed by atoms with E-state index >= 15 is 0 Å². The summed E-state index contributed by atoms with van der Waals surface area (Å²) in [7, 11) is 0. The molecule has 2 aromatic heterocycles. The molecule has 124 valence electrons. The van der Waals surface area contributed by atoms with Crippen molar-refractivity contribution in [2.24, 2.45) is 0 Å². The second kappa shape index (κ2) is 7.70. The van der Waals surface area contributed by atoms with Crippen molar-refractivity contribution < 1.29 is 13.9 Å². The molecule has 0 aliphatic heterocycles. The molecule has 6 nitrogen and oxygen atoms in total. The lowest BCUT2D eigenvalue weighted by Gasteiger charge is -2.05. The molecular formula is C17H16ClN3O3. The van der Waals surface area contributed by atoms with Gasteiger partial charge in [0.2, 0.25) is 0 Å². The minimum Gasteiger partial charge on any atom is -0.469 e. The second-order valence-electron chi connectivity index (χ2n) is 5.03. The summed E-state index contributed by atoms with van der Waals surface area (Å²) in [5.74, 6) is 0.800. The van der Waals surface area contributed by atoms with Gasteiger partial charge >= 0.3 is 0 Å². The summed E-state index contributed by atoms with van der Waals surface area (Å²) in [5, 5.41) is 7.34. The van der Waals surface area contributed by atoms with Gasteiger partial charge in [0, 0.05) is 13.0 Å². The van der Waals surface area contributed by atoms with E-state index in [-0.39, 0.29) is 18.4 Å². The van der Waals surface area contributed by atoms with E-state index in [4.69, 9.17) is 20.8 Å². The molecule has 0 bridgehead atoms. The summed E-state index contributed by atoms with van der Waals surface area (Å²) in [4.78, 5) is 11.8. The topological polar surface area (TPSA) is 69.3 Å². The van der Waals surface area contributed by atoms with Gasteiger partial charge in [0.1, 0.15) is 10.8 Å². The third-order valence-corrected chi connectivity index (χ3v) is 3.53. The number of nitrogens with zero attached hydrogens (tertiary/aromatic N) is 2. The first kappa shape index (κ1) is 16.1. The average Bonchev–Trinajstić information content (AvgIpc) is 3.24. The van der Waals surface area contributed by atoms with Crippen LogP contribution in [-0.2, 0) is 11.2 Å². The highest BCUT2D eigenvalue weighted by Gasteiger charge is 2.11. The zero-order valence-electron chi connectivity index (χ0n) is 12.8. The van der Waals surface area contributed by atoms with Gasteiger partial charge < -0.3 is 14.5 Å². The molecule has 0 aliphatic rings. The van der Waals surface area contributed by atoms with Crippen molar-refractivity contribution in [3.63, 3.8) is 0 Å². The number of benzene rings is 1. The van der Waals surface area contributed by atoms with E-state index in [1.165, 1.54) is 0 Å². The van der Waals surface area contributed by atoms with Crippen LogP contribution < -0.4 is 10.1 Å². The fourth-order valence-electron chi connectivity index (χ4n) is 2.11. The molecule has 1 N–H and O–H groups in total. The molecular weight excluding hydrogens is 330 g/mol. The van der Waals surface area contributed by atoms with Gasteiger partial charge in [-0.3, -0.25) is 4.79 Å². The van der Waals surface area contributed by atoms with Crippen LogP contribution in [0, 0.1) is 0 Å². The number of nitrogens with one attached hydrogen (secondary N) is 1. The van der Waals surface area contributed by atoms with Crippen LogP contribution in [0.5, 0.6) is 5.88 Å². The number of aromatic nitrogens is 2. The van der Waals surface area contributed by atoms with E-state index in [9.17, 15) is 4.79 Å². The first-order valence-electron chi connectivity index (χ1n) is 7.45. The predicted molar refractivity (Wildman–Crippen MR) is 89.5 cm³/mol. The van der Waals surface area contributed by atoms with Crippen molar-refractivity contribution in [3.8, 4) is 11.6 Å². The lowest BCUT2D eigenvalue weighted by molar-refractivity contribution is -0.123. The maximum absolute atomic E-state index is 11.8. The molecule has 1 aromatic carbocycles. The number of rotatable bonds is 7. The Hall–Kier alpha value is -2.73. The van der Waals surface area contributed by atoms with Crippen molar-refractivity contribution in [1.82, 2.24) is 15.1 Å². The smallest absolute Gasteiger partial charge is 0.258 e. The maximum atomic E-state index is 11.8. The van der Waals surface area contributed by atoms with Gasteiger partial charge in [-0.15, -0.1) is 5.10 Å². The summed E-state index contributed by atoms with van der Waals surface area (Å²) in [5.41, 5.74) is 0.858. The van der Waals surface area contributed by atoms with Crippen molar-refractivity contribution in [1.29, 1.82) is 0 Å². The van der Waals surface area contributed by atoms with Crippen LogP contribution >= 0.6 is 11.6 Å². The molecule has 0 spiro atoms. The zero-order chi connectivity index (χ0) is 16.8. The summed E-state index contributed by atoms with van der Waals surface area (Å²) in [6, 6.07) is 13.2. The summed E-state index contributed by atoms with van der Waals surface area (Å²) >= 11 is 6.10. The third-order valence-electron chi connectivity index (χ3n) is 3.27. The van der Waals surface area contributed by atoms with Gasteiger partial charge in [-0.25, -0.2) is 4.68 Å². The Labute approximate surface area is 144 Å². The molecule has 0 radical (unpaired) electrons. The monoisotopic (exact) mass is 345 g/mol. The Morgan fingerprint density at radius 1 is 1.25 bits per heavy atom. The zero-order valence-corrected chi connectivity index (χ0v) is 13.6. The average molecular weight is 346 g/mol. The Bertz CT molecular complexity index is 785. The van der Waals surface area contributed by atoms with Gasteiger partial charge in [-0.2, -0.15) is 0 Å². The fourth-order valence-corrected chi connectivity index (χ4v) is 2.30. The van der Waals surface area contributed by atoms with Crippen LogP contribution in [0.2, 0.25) is 5.02 Å². The number of carbonyl (C=O) groups is 1. The predicted octanol–water partition coefficient (Wildman–Crippen LogP) is 2.86. The molecule has 0 saturated carbocycles. The van der Waals surface area contributed by atoms with Crippen LogP contribution in [0.15, 0.2) is 59.3 Å². The Balaban J connectivity index is 1.49. The molecule has 0 saturated heterocycles. The molecule has 2 heterocycles. The van der Waals surface area contributed by atoms with Crippen molar-refractivity contribution >= 4 is 17.5 Å². The molecule has 24 heavy (non-hydrogen) atoms. The van der Waals surface area contributed by atoms with Gasteiger partial charge in [-0.1, -0.05) is 29.8 Å². The second-order valence-corrected chi connectivity index (χ2v) is 5.44. The van der Waals surface area contributed by atoms with Crippen LogP contribution in [0.25, 0.3) is 5.69 Å². The Kier molecular flexibility index (Phi) is 5.18. The maximum Gasteiger partial charge on any atom is 0.258 e. The molecule has 7 heteroatoms. The normalized spacial score (nSPS) is 10.5. The van der Waals surface area contributed by atoms with E-state index in [0.29, 0.717) is 18.0 Å². The van der Waals surface area contributed by atoms with Crippen molar-refractivity contribution in [2.75, 3.05) is 13.2 Å². The van der Waals surface area contributed by atoms with Crippen molar-refractivity contribution in [3.05, 3.63) is 65.7 Å². The highest BCUT2D eigenvalue weighted by atomic mass is 35.5. The van der Waals surface area contributed by atoms with E-state index in [0.717, 1.165) is 11.4 Å². The summed E-state index contributed by atoms with van der Waals surface area (Å²) in [6.45, 7) is 0.325. The number of ether oxygens (including phenoxy) is 1. The molecule has 0 fully saturated rings. The van der Waals surface area contributed by atoms with Crippen LogP contribution in [-0.4, -0.2) is 28.8 Å². The van der Waals surface area contributed by atoms with Gasteiger partial charge in [0.25, 0.3) is 11.8 Å². The molecule has 3 rings (SSSR count). The molecule has 3 aromatic rings. The number of amides is 1. The largest absolute Gasteiger partial charge is 0.469 e. The SMILES string of the molecule is O=C(COc1nn(-c2ccccc2)cc1Cl)NCCc1ccco1. The lowest BCUT2D eigenvalue weighted by atomic mass is 10.3. The fraction of sp³-hybridized carbons (Fsp3) is 0.176. The van der Waals surface area contributed by atoms with E-state index < -0.39 is 0 Å². The van der Waals surface area contributed by atoms with Gasteiger partial charge in [0.15, 0.2) is 6.61 Å². The van der Waals surface area contributed by atoms with Crippen LogP contribution in [0.1, 0.15) is 5.76 Å². The van der Waals surface area contributed by atoms with Crippen LogP contribution in [0.3, 0.4) is 0 Å². The molecule has 0 aliphatic carbocycles. The molecule has 0 atom stereocenters. The third kappa shape index (κ3) is 4.17. The van der Waals surface area contributed by atoms with E-state index in [1.54, 1.807) is 17.1 Å². The number of hydrogen-bond donors (Lipinski definition) is 1. The first-order chi connectivity index (χ1) is 11.7. The van der Waals surface area contributed by atoms with Crippen molar-refractivity contribution in [2.45, 2.75) is 6.42 Å².